The molecule has 0 fully saturated rings. The summed E-state index contributed by atoms with van der Waals surface area (Å²) in [5.74, 6) is 1.12. The number of methoxy groups -OCH3 is 1. The molecule has 4 rings (SSSR count). The van der Waals surface area contributed by atoms with Crippen LogP contribution in [0.15, 0.2) is 47.4 Å². The Morgan fingerprint density at radius 1 is 1.21 bits per heavy atom. The fraction of sp³-hybridized carbons (Fsp3) is 0.100. The zero-order chi connectivity index (χ0) is 19.8. The molecule has 140 valence electrons. The number of anilines is 2. The molecule has 1 aromatic heterocycles. The summed E-state index contributed by atoms with van der Waals surface area (Å²) < 4.78 is 24.5. The van der Waals surface area contributed by atoms with Crippen molar-refractivity contribution in [1.82, 2.24) is 4.98 Å². The Kier molecular flexibility index (Phi) is 4.45. The smallest absolute Gasteiger partial charge is 0.228 e. The molecule has 0 aliphatic carbocycles. The topological polar surface area (TPSA) is 107 Å². The van der Waals surface area contributed by atoms with Crippen molar-refractivity contribution in [2.75, 3.05) is 18.6 Å². The van der Waals surface area contributed by atoms with Crippen LogP contribution in [0.5, 0.6) is 17.4 Å². The normalized spacial score (nSPS) is 14.4. The van der Waals surface area contributed by atoms with Crippen molar-refractivity contribution < 1.29 is 13.9 Å². The van der Waals surface area contributed by atoms with Gasteiger partial charge in [-0.2, -0.15) is 10.2 Å². The van der Waals surface area contributed by atoms with E-state index in [9.17, 15) is 9.65 Å². The van der Waals surface area contributed by atoms with E-state index in [0.717, 1.165) is 10.5 Å². The zero-order valence-electron chi connectivity index (χ0n) is 14.8. The number of nitrogens with two attached hydrogens (primary N) is 2. The molecule has 28 heavy (non-hydrogen) atoms. The lowest BCUT2D eigenvalue weighted by atomic mass is 9.98. The van der Waals surface area contributed by atoms with E-state index in [1.807, 2.05) is 18.2 Å². The molecule has 0 saturated carbocycles. The highest BCUT2D eigenvalue weighted by molar-refractivity contribution is 7.99. The van der Waals surface area contributed by atoms with Gasteiger partial charge in [-0.05, 0) is 30.3 Å². The van der Waals surface area contributed by atoms with Gasteiger partial charge in [-0.3, -0.25) is 0 Å². The number of aromatic nitrogens is 1. The third-order valence-electron chi connectivity index (χ3n) is 4.42. The average Bonchev–Trinajstić information content (AvgIpc) is 2.69. The first kappa shape index (κ1) is 17.9. The summed E-state index contributed by atoms with van der Waals surface area (Å²) >= 11 is 1.45. The molecule has 1 aliphatic heterocycles. The molecular formula is C20H15FN4O2S. The zero-order valence-corrected chi connectivity index (χ0v) is 15.6. The highest BCUT2D eigenvalue weighted by atomic mass is 32.2. The molecule has 6 nitrogen and oxygen atoms in total. The molecular weight excluding hydrogens is 379 g/mol. The molecule has 8 heteroatoms. The number of ether oxygens (including phenoxy) is 2. The van der Waals surface area contributed by atoms with Gasteiger partial charge in [-0.1, -0.05) is 6.07 Å². The molecule has 0 spiro atoms. The second kappa shape index (κ2) is 6.94. The number of fused-ring (bicyclic) bond motifs is 2. The molecule has 3 aromatic rings. The van der Waals surface area contributed by atoms with Crippen LogP contribution >= 0.6 is 11.8 Å². The number of hydrogen-bond acceptors (Lipinski definition) is 7. The fourth-order valence-corrected chi connectivity index (χ4v) is 4.27. The summed E-state index contributed by atoms with van der Waals surface area (Å²) in [6.07, 6.45) is 0. The summed E-state index contributed by atoms with van der Waals surface area (Å²) in [6, 6.07) is 13.6. The van der Waals surface area contributed by atoms with E-state index in [0.29, 0.717) is 17.1 Å². The van der Waals surface area contributed by atoms with Crippen LogP contribution in [-0.4, -0.2) is 12.1 Å². The predicted molar refractivity (Wildman–Crippen MR) is 105 cm³/mol. The van der Waals surface area contributed by atoms with Crippen LogP contribution in [0, 0.1) is 17.1 Å². The van der Waals surface area contributed by atoms with Crippen LogP contribution < -0.4 is 20.9 Å². The predicted octanol–water partition coefficient (Wildman–Crippen LogP) is 4.25. The standard InChI is InChI=1S/C20H15FN4O2S/c1-26-11-4-7-13-15(8-11)27-20-16(17(23)14(9-22)19(24)25-20)18(13)28-12-5-2-10(21)3-6-12/h2-8,18H,1H3,(H4,23,24,25)/t18-/m1/s1. The van der Waals surface area contributed by atoms with Crippen LogP contribution in [0.2, 0.25) is 0 Å². The number of nitrogen functional groups attached to an aromatic ring is 2. The number of hydrogen-bond donors (Lipinski definition) is 2. The minimum Gasteiger partial charge on any atom is -0.497 e. The van der Waals surface area contributed by atoms with E-state index < -0.39 is 0 Å². The third-order valence-corrected chi connectivity index (χ3v) is 5.69. The molecule has 4 N–H and O–H groups in total. The lowest BCUT2D eigenvalue weighted by molar-refractivity contribution is 0.402. The Morgan fingerprint density at radius 3 is 2.64 bits per heavy atom. The van der Waals surface area contributed by atoms with Crippen molar-refractivity contribution in [2.24, 2.45) is 0 Å². The number of thioether (sulfide) groups is 1. The molecule has 2 heterocycles. The molecule has 1 aliphatic rings. The van der Waals surface area contributed by atoms with Crippen LogP contribution in [0.3, 0.4) is 0 Å². The SMILES string of the molecule is COc1ccc2c(c1)Oc1nc(N)c(C#N)c(N)c1[C@@H]2Sc1ccc(F)cc1. The van der Waals surface area contributed by atoms with Gasteiger partial charge in [-0.25, -0.2) is 4.39 Å². The van der Waals surface area contributed by atoms with E-state index >= 15 is 0 Å². The highest BCUT2D eigenvalue weighted by Gasteiger charge is 2.33. The first-order chi connectivity index (χ1) is 13.5. The van der Waals surface area contributed by atoms with E-state index in [-0.39, 0.29) is 34.0 Å². The van der Waals surface area contributed by atoms with Gasteiger partial charge in [0.25, 0.3) is 0 Å². The van der Waals surface area contributed by atoms with Gasteiger partial charge in [0, 0.05) is 16.5 Å². The number of pyridine rings is 1. The Bertz CT molecular complexity index is 1110. The van der Waals surface area contributed by atoms with Gasteiger partial charge in [0.1, 0.15) is 34.8 Å². The van der Waals surface area contributed by atoms with Crippen LogP contribution in [0.25, 0.3) is 0 Å². The molecule has 0 radical (unpaired) electrons. The summed E-state index contributed by atoms with van der Waals surface area (Å²) in [5, 5.41) is 9.09. The Hall–Kier alpha value is -3.44. The fourth-order valence-electron chi connectivity index (χ4n) is 3.04. The number of benzene rings is 2. The van der Waals surface area contributed by atoms with Gasteiger partial charge in [0.2, 0.25) is 5.88 Å². The number of nitrogens with zero attached hydrogens (tertiary/aromatic N) is 2. The van der Waals surface area contributed by atoms with Gasteiger partial charge >= 0.3 is 0 Å². The summed E-state index contributed by atoms with van der Waals surface area (Å²) in [7, 11) is 1.57. The largest absolute Gasteiger partial charge is 0.497 e. The van der Waals surface area contributed by atoms with Crippen LogP contribution in [0.1, 0.15) is 21.9 Å². The molecule has 0 unspecified atom stereocenters. The maximum Gasteiger partial charge on any atom is 0.228 e. The van der Waals surface area contributed by atoms with Crippen molar-refractivity contribution in [2.45, 2.75) is 10.1 Å². The maximum atomic E-state index is 13.3. The van der Waals surface area contributed by atoms with Crippen molar-refractivity contribution in [3.63, 3.8) is 0 Å². The average molecular weight is 394 g/mol. The van der Waals surface area contributed by atoms with Crippen molar-refractivity contribution in [1.29, 1.82) is 5.26 Å². The monoisotopic (exact) mass is 394 g/mol. The quantitative estimate of drug-likeness (QED) is 0.684. The molecule has 1 atom stereocenters. The van der Waals surface area contributed by atoms with E-state index in [4.69, 9.17) is 20.9 Å². The van der Waals surface area contributed by atoms with Crippen molar-refractivity contribution >= 4 is 23.3 Å². The summed E-state index contributed by atoms with van der Waals surface area (Å²) in [4.78, 5) is 5.07. The molecule has 0 bridgehead atoms. The second-order valence-electron chi connectivity index (χ2n) is 6.07. The Balaban J connectivity index is 1.90. The van der Waals surface area contributed by atoms with Gasteiger partial charge in [0.15, 0.2) is 0 Å². The first-order valence-electron chi connectivity index (χ1n) is 8.28. The summed E-state index contributed by atoms with van der Waals surface area (Å²) in [5.41, 5.74) is 13.9. The first-order valence-corrected chi connectivity index (χ1v) is 9.16. The van der Waals surface area contributed by atoms with Gasteiger partial charge < -0.3 is 20.9 Å². The highest BCUT2D eigenvalue weighted by Crippen LogP contribution is 2.54. The van der Waals surface area contributed by atoms with Gasteiger partial charge in [-0.15, -0.1) is 11.8 Å². The van der Waals surface area contributed by atoms with Crippen LogP contribution in [-0.2, 0) is 0 Å². The van der Waals surface area contributed by atoms with Crippen LogP contribution in [0.4, 0.5) is 15.9 Å². The molecule has 2 aromatic carbocycles. The van der Waals surface area contributed by atoms with Crippen molar-refractivity contribution in [3.05, 3.63) is 65.0 Å². The third kappa shape index (κ3) is 2.96. The minimum atomic E-state index is -0.324. The minimum absolute atomic E-state index is 0.00984. The van der Waals surface area contributed by atoms with E-state index in [1.165, 1.54) is 23.9 Å². The second-order valence-corrected chi connectivity index (χ2v) is 7.25. The number of rotatable bonds is 3. The number of nitriles is 1. The lowest BCUT2D eigenvalue weighted by Crippen LogP contribution is -2.15. The maximum absolute atomic E-state index is 13.3. The van der Waals surface area contributed by atoms with Gasteiger partial charge in [0.05, 0.1) is 23.6 Å². The van der Waals surface area contributed by atoms with E-state index in [2.05, 4.69) is 4.98 Å². The Labute approximate surface area is 164 Å². The van der Waals surface area contributed by atoms with Crippen molar-refractivity contribution in [3.8, 4) is 23.4 Å². The molecule has 0 amide bonds. The van der Waals surface area contributed by atoms with E-state index in [1.54, 1.807) is 25.3 Å². The number of halogens is 1. The Morgan fingerprint density at radius 2 is 1.96 bits per heavy atom. The molecule has 0 saturated heterocycles. The lowest BCUT2D eigenvalue weighted by Gasteiger charge is -2.29. The summed E-state index contributed by atoms with van der Waals surface area (Å²) in [6.45, 7) is 0.